The molecule has 0 spiro atoms. The van der Waals surface area contributed by atoms with Gasteiger partial charge in [0.05, 0.1) is 7.11 Å². The van der Waals surface area contributed by atoms with Crippen LogP contribution >= 0.6 is 0 Å². The highest BCUT2D eigenvalue weighted by atomic mass is 16.5. The first-order valence-electron chi connectivity index (χ1n) is 9.61. The van der Waals surface area contributed by atoms with Crippen molar-refractivity contribution < 1.29 is 9.53 Å². The summed E-state index contributed by atoms with van der Waals surface area (Å²) in [4.78, 5) is 18.9. The fourth-order valence-electron chi connectivity index (χ4n) is 4.32. The van der Waals surface area contributed by atoms with Gasteiger partial charge in [0, 0.05) is 52.6 Å². The summed E-state index contributed by atoms with van der Waals surface area (Å²) in [7, 11) is 1.66. The summed E-state index contributed by atoms with van der Waals surface area (Å²) in [5.74, 6) is 0.867. The zero-order valence-corrected chi connectivity index (χ0v) is 16.1. The Morgan fingerprint density at radius 1 is 1.04 bits per heavy atom. The van der Waals surface area contributed by atoms with E-state index >= 15 is 0 Å². The van der Waals surface area contributed by atoms with Gasteiger partial charge < -0.3 is 14.6 Å². The number of aromatic nitrogens is 1. The molecule has 0 radical (unpaired) electrons. The molecule has 140 valence electrons. The van der Waals surface area contributed by atoms with Crippen molar-refractivity contribution in [2.45, 2.75) is 19.9 Å². The predicted molar refractivity (Wildman–Crippen MR) is 112 cm³/mol. The van der Waals surface area contributed by atoms with Crippen LogP contribution in [0.2, 0.25) is 0 Å². The van der Waals surface area contributed by atoms with Crippen molar-refractivity contribution in [1.29, 1.82) is 0 Å². The molecule has 0 unspecified atom stereocenters. The maximum atomic E-state index is 13.4. The van der Waals surface area contributed by atoms with Gasteiger partial charge in [-0.1, -0.05) is 36.4 Å². The van der Waals surface area contributed by atoms with Gasteiger partial charge in [0.15, 0.2) is 0 Å². The molecule has 0 aliphatic carbocycles. The van der Waals surface area contributed by atoms with Crippen molar-refractivity contribution in [3.05, 3.63) is 77.0 Å². The number of carbonyl (C=O) groups excluding carboxylic acids is 1. The van der Waals surface area contributed by atoms with Crippen LogP contribution in [0.15, 0.2) is 54.6 Å². The zero-order chi connectivity index (χ0) is 19.3. The number of H-pyrrole nitrogens is 1. The molecule has 4 heteroatoms. The lowest BCUT2D eigenvalue weighted by Gasteiger charge is -2.28. The van der Waals surface area contributed by atoms with E-state index in [1.165, 1.54) is 22.2 Å². The molecule has 1 N–H and O–H groups in total. The summed E-state index contributed by atoms with van der Waals surface area (Å²) in [6, 6.07) is 18.2. The van der Waals surface area contributed by atoms with E-state index < -0.39 is 0 Å². The lowest BCUT2D eigenvalue weighted by Crippen LogP contribution is -2.35. The molecule has 1 amide bonds. The van der Waals surface area contributed by atoms with Gasteiger partial charge in [-0.15, -0.1) is 0 Å². The smallest absolute Gasteiger partial charge is 0.254 e. The highest BCUT2D eigenvalue weighted by molar-refractivity contribution is 6.08. The number of hydrogen-bond donors (Lipinski definition) is 1. The van der Waals surface area contributed by atoms with E-state index in [4.69, 9.17) is 4.74 Å². The number of fused-ring (bicyclic) bond motifs is 4. The monoisotopic (exact) mass is 370 g/mol. The summed E-state index contributed by atoms with van der Waals surface area (Å²) < 4.78 is 5.47. The van der Waals surface area contributed by atoms with Crippen molar-refractivity contribution in [2.75, 3.05) is 13.7 Å². The van der Waals surface area contributed by atoms with Crippen molar-refractivity contribution in [3.63, 3.8) is 0 Å². The number of benzene rings is 3. The summed E-state index contributed by atoms with van der Waals surface area (Å²) in [6.07, 6.45) is 0.850. The molecule has 4 nitrogen and oxygen atoms in total. The third-order valence-corrected chi connectivity index (χ3v) is 5.75. The Bertz CT molecular complexity index is 1220. The van der Waals surface area contributed by atoms with Gasteiger partial charge in [-0.25, -0.2) is 0 Å². The maximum Gasteiger partial charge on any atom is 0.254 e. The average molecular weight is 370 g/mol. The molecule has 0 saturated heterocycles. The first-order chi connectivity index (χ1) is 13.7. The Morgan fingerprint density at radius 2 is 1.86 bits per heavy atom. The fourth-order valence-corrected chi connectivity index (χ4v) is 4.32. The number of aryl methyl sites for hydroxylation is 1. The van der Waals surface area contributed by atoms with Crippen molar-refractivity contribution in [3.8, 4) is 5.75 Å². The minimum Gasteiger partial charge on any atom is -0.496 e. The maximum absolute atomic E-state index is 13.4. The lowest BCUT2D eigenvalue weighted by molar-refractivity contribution is 0.0737. The van der Waals surface area contributed by atoms with E-state index in [0.29, 0.717) is 6.54 Å². The quantitative estimate of drug-likeness (QED) is 0.549. The number of rotatable bonds is 2. The fraction of sp³-hybridized carbons (Fsp3) is 0.208. The van der Waals surface area contributed by atoms with Crippen LogP contribution in [0, 0.1) is 6.92 Å². The number of carbonyl (C=O) groups is 1. The second-order valence-electron chi connectivity index (χ2n) is 7.47. The molecule has 1 aliphatic heterocycles. The summed E-state index contributed by atoms with van der Waals surface area (Å²) in [5, 5.41) is 3.13. The van der Waals surface area contributed by atoms with Crippen LogP contribution in [-0.2, 0) is 13.0 Å². The highest BCUT2D eigenvalue weighted by Gasteiger charge is 2.26. The first-order valence-corrected chi connectivity index (χ1v) is 9.61. The number of methoxy groups -OCH3 is 1. The summed E-state index contributed by atoms with van der Waals surface area (Å²) in [6.45, 7) is 3.46. The van der Waals surface area contributed by atoms with E-state index in [0.717, 1.165) is 40.6 Å². The van der Waals surface area contributed by atoms with Crippen LogP contribution in [-0.4, -0.2) is 29.4 Å². The summed E-state index contributed by atoms with van der Waals surface area (Å²) >= 11 is 0. The molecule has 1 aliphatic rings. The van der Waals surface area contributed by atoms with Crippen LogP contribution in [0.1, 0.15) is 27.2 Å². The number of amides is 1. The molecule has 2 heterocycles. The molecular formula is C24H22N2O2. The van der Waals surface area contributed by atoms with Crippen LogP contribution < -0.4 is 4.74 Å². The number of nitrogens with one attached hydrogen (secondary N) is 1. The van der Waals surface area contributed by atoms with E-state index in [1.807, 2.05) is 41.3 Å². The number of ether oxygens (including phenoxy) is 1. The molecular weight excluding hydrogens is 348 g/mol. The van der Waals surface area contributed by atoms with Gasteiger partial charge in [0.2, 0.25) is 0 Å². The molecule has 5 rings (SSSR count). The van der Waals surface area contributed by atoms with Crippen molar-refractivity contribution >= 4 is 27.6 Å². The Morgan fingerprint density at radius 3 is 2.68 bits per heavy atom. The van der Waals surface area contributed by atoms with Crippen molar-refractivity contribution in [1.82, 2.24) is 9.88 Å². The third-order valence-electron chi connectivity index (χ3n) is 5.75. The second kappa shape index (κ2) is 6.41. The zero-order valence-electron chi connectivity index (χ0n) is 16.1. The SMILES string of the molecule is COc1ccc(C(=O)N2CCc3[nH]c4cc(C)ccc4c3C2)c2ccccc12. The van der Waals surface area contributed by atoms with E-state index in [2.05, 4.69) is 30.1 Å². The Kier molecular flexibility index (Phi) is 3.86. The molecule has 1 aromatic heterocycles. The normalized spacial score (nSPS) is 13.7. The third kappa shape index (κ3) is 2.56. The molecule has 0 saturated carbocycles. The van der Waals surface area contributed by atoms with Gasteiger partial charge >= 0.3 is 0 Å². The van der Waals surface area contributed by atoms with E-state index in [9.17, 15) is 4.79 Å². The lowest BCUT2D eigenvalue weighted by atomic mass is 10.00. The van der Waals surface area contributed by atoms with E-state index in [-0.39, 0.29) is 5.91 Å². The van der Waals surface area contributed by atoms with Gasteiger partial charge in [0.1, 0.15) is 5.75 Å². The van der Waals surface area contributed by atoms with E-state index in [1.54, 1.807) is 7.11 Å². The molecule has 0 atom stereocenters. The molecule has 28 heavy (non-hydrogen) atoms. The first kappa shape index (κ1) is 16.9. The summed E-state index contributed by atoms with van der Waals surface area (Å²) in [5.41, 5.74) is 5.63. The predicted octanol–water partition coefficient (Wildman–Crippen LogP) is 4.84. The number of hydrogen-bond acceptors (Lipinski definition) is 2. The Balaban J connectivity index is 1.54. The average Bonchev–Trinajstić information content (AvgIpc) is 3.09. The molecule has 4 aromatic rings. The van der Waals surface area contributed by atoms with Gasteiger partial charge in [-0.05, 0) is 36.1 Å². The molecule has 0 fully saturated rings. The number of nitrogens with zero attached hydrogens (tertiary/aromatic N) is 1. The largest absolute Gasteiger partial charge is 0.496 e. The number of aromatic amines is 1. The minimum absolute atomic E-state index is 0.0750. The van der Waals surface area contributed by atoms with Crippen LogP contribution in [0.25, 0.3) is 21.7 Å². The topological polar surface area (TPSA) is 45.3 Å². The minimum atomic E-state index is 0.0750. The van der Waals surface area contributed by atoms with Gasteiger partial charge in [-0.2, -0.15) is 0 Å². The molecule has 3 aromatic carbocycles. The van der Waals surface area contributed by atoms with Gasteiger partial charge in [0.25, 0.3) is 5.91 Å². The van der Waals surface area contributed by atoms with Crippen molar-refractivity contribution in [2.24, 2.45) is 0 Å². The van der Waals surface area contributed by atoms with Crippen LogP contribution in [0.5, 0.6) is 5.75 Å². The molecule has 0 bridgehead atoms. The highest BCUT2D eigenvalue weighted by Crippen LogP contribution is 2.32. The van der Waals surface area contributed by atoms with Crippen LogP contribution in [0.4, 0.5) is 0 Å². The Hall–Kier alpha value is -3.27. The van der Waals surface area contributed by atoms with Crippen LogP contribution in [0.3, 0.4) is 0 Å². The van der Waals surface area contributed by atoms with Gasteiger partial charge in [-0.3, -0.25) is 4.79 Å². The standard InChI is InChI=1S/C24H22N2O2/c1-15-7-8-17-20-14-26(12-11-21(20)25-22(17)13-15)24(27)19-9-10-23(28-2)18-6-4-3-5-16(18)19/h3-10,13,25H,11-12,14H2,1-2H3. The Labute approximate surface area is 163 Å². The second-order valence-corrected chi connectivity index (χ2v) is 7.47.